The van der Waals surface area contributed by atoms with E-state index in [0.29, 0.717) is 23.4 Å². The molecule has 3 heterocycles. The van der Waals surface area contributed by atoms with E-state index >= 15 is 0 Å². The maximum Gasteiger partial charge on any atom is 0.419 e. The third kappa shape index (κ3) is 5.78. The predicted molar refractivity (Wildman–Crippen MR) is 147 cm³/mol. The van der Waals surface area contributed by atoms with Gasteiger partial charge in [-0.15, -0.1) is 0 Å². The monoisotopic (exact) mass is 578 g/mol. The van der Waals surface area contributed by atoms with E-state index in [9.17, 15) is 27.2 Å². The molecule has 0 aliphatic carbocycles. The summed E-state index contributed by atoms with van der Waals surface area (Å²) in [5.74, 6) is -1.77. The molecule has 0 bridgehead atoms. The molecule has 42 heavy (non-hydrogen) atoms. The highest BCUT2D eigenvalue weighted by atomic mass is 19.4. The lowest BCUT2D eigenvalue weighted by Gasteiger charge is -2.30. The zero-order chi connectivity index (χ0) is 30.2. The van der Waals surface area contributed by atoms with Crippen molar-refractivity contribution < 1.29 is 22.4 Å². The Hall–Kier alpha value is -4.87. The molecule has 1 amide bonds. The lowest BCUT2D eigenvalue weighted by Crippen LogP contribution is -2.38. The Morgan fingerprint density at radius 3 is 2.48 bits per heavy atom. The second kappa shape index (κ2) is 11.2. The number of hydrogen-bond donors (Lipinski definition) is 0. The van der Waals surface area contributed by atoms with E-state index in [2.05, 4.69) is 15.1 Å². The summed E-state index contributed by atoms with van der Waals surface area (Å²) in [7, 11) is 1.71. The Labute approximate surface area is 237 Å². The van der Waals surface area contributed by atoms with Crippen LogP contribution in [0.25, 0.3) is 16.7 Å². The van der Waals surface area contributed by atoms with Crippen LogP contribution in [-0.2, 0) is 31.0 Å². The van der Waals surface area contributed by atoms with E-state index in [4.69, 9.17) is 0 Å². The molecule has 0 N–H and O–H groups in total. The molecule has 5 rings (SSSR count). The molecule has 216 valence electrons. The molecular formula is C30H26F4N6O2. The van der Waals surface area contributed by atoms with Crippen molar-refractivity contribution in [1.82, 2.24) is 29.2 Å². The highest BCUT2D eigenvalue weighted by Gasteiger charge is 2.35. The SMILES string of the molecule is Cc1ccc(-n2c([C@@H](C)N(Cc3cnn(C)c3)C(=O)Cc3ccc(F)c(C(F)(F)F)c3)nc3ncccc3c2=O)cc1. The van der Waals surface area contributed by atoms with Gasteiger partial charge in [-0.1, -0.05) is 23.8 Å². The first-order valence-electron chi connectivity index (χ1n) is 13.0. The molecule has 0 fully saturated rings. The summed E-state index contributed by atoms with van der Waals surface area (Å²) in [6, 6.07) is 12.1. The summed E-state index contributed by atoms with van der Waals surface area (Å²) in [4.78, 5) is 37.9. The van der Waals surface area contributed by atoms with E-state index in [1.807, 2.05) is 19.1 Å². The van der Waals surface area contributed by atoms with Crippen molar-refractivity contribution in [2.45, 2.75) is 39.0 Å². The quantitative estimate of drug-likeness (QED) is 0.244. The molecule has 12 heteroatoms. The van der Waals surface area contributed by atoms with E-state index in [1.54, 1.807) is 55.3 Å². The number of alkyl halides is 3. The van der Waals surface area contributed by atoms with Crippen molar-refractivity contribution in [3.05, 3.63) is 117 Å². The molecule has 8 nitrogen and oxygen atoms in total. The summed E-state index contributed by atoms with van der Waals surface area (Å²) in [5.41, 5.74) is 0.485. The van der Waals surface area contributed by atoms with Crippen LogP contribution in [0.3, 0.4) is 0 Å². The fourth-order valence-electron chi connectivity index (χ4n) is 4.77. The molecule has 0 saturated heterocycles. The number of fused-ring (bicyclic) bond motifs is 1. The van der Waals surface area contributed by atoms with Gasteiger partial charge in [0.15, 0.2) is 5.65 Å². The second-order valence-corrected chi connectivity index (χ2v) is 10.0. The summed E-state index contributed by atoms with van der Waals surface area (Å²) in [5, 5.41) is 4.44. The number of halogens is 4. The van der Waals surface area contributed by atoms with Crippen molar-refractivity contribution in [3.8, 4) is 5.69 Å². The Balaban J connectivity index is 1.62. The Bertz CT molecular complexity index is 1830. The average Bonchev–Trinajstić information content (AvgIpc) is 3.37. The summed E-state index contributed by atoms with van der Waals surface area (Å²) in [6.07, 6.45) is -0.596. The Kier molecular flexibility index (Phi) is 7.63. The Morgan fingerprint density at radius 2 is 1.81 bits per heavy atom. The van der Waals surface area contributed by atoms with Crippen molar-refractivity contribution >= 4 is 16.9 Å². The van der Waals surface area contributed by atoms with Crippen molar-refractivity contribution in [2.75, 3.05) is 0 Å². The number of carbonyl (C=O) groups is 1. The molecule has 2 aromatic carbocycles. The number of amides is 1. The van der Waals surface area contributed by atoms with Crippen LogP contribution in [0.2, 0.25) is 0 Å². The molecule has 0 spiro atoms. The molecule has 0 radical (unpaired) electrons. The minimum absolute atomic E-state index is 0.0128. The lowest BCUT2D eigenvalue weighted by molar-refractivity contribution is -0.140. The van der Waals surface area contributed by atoms with Crippen LogP contribution in [0.1, 0.15) is 41.0 Å². The number of aromatic nitrogens is 5. The van der Waals surface area contributed by atoms with E-state index in [0.717, 1.165) is 11.6 Å². The summed E-state index contributed by atoms with van der Waals surface area (Å²) < 4.78 is 57.0. The molecule has 5 aromatic rings. The van der Waals surface area contributed by atoms with Gasteiger partial charge < -0.3 is 4.90 Å². The largest absolute Gasteiger partial charge is 0.419 e. The van der Waals surface area contributed by atoms with Gasteiger partial charge in [0.2, 0.25) is 5.91 Å². The normalized spacial score (nSPS) is 12.5. The fraction of sp³-hybridized carbons (Fsp3) is 0.233. The number of pyridine rings is 1. The van der Waals surface area contributed by atoms with Crippen LogP contribution in [0.5, 0.6) is 0 Å². The van der Waals surface area contributed by atoms with Crippen LogP contribution < -0.4 is 5.56 Å². The number of nitrogens with zero attached hydrogens (tertiary/aromatic N) is 6. The second-order valence-electron chi connectivity index (χ2n) is 10.0. The summed E-state index contributed by atoms with van der Waals surface area (Å²) >= 11 is 0. The maximum atomic E-state index is 13.9. The van der Waals surface area contributed by atoms with Crippen LogP contribution in [0.4, 0.5) is 17.6 Å². The number of carbonyl (C=O) groups excluding carboxylic acids is 1. The van der Waals surface area contributed by atoms with Gasteiger partial charge in [-0.05, 0) is 55.8 Å². The molecule has 0 aliphatic heterocycles. The third-order valence-corrected chi connectivity index (χ3v) is 6.93. The number of hydrogen-bond acceptors (Lipinski definition) is 5. The first-order chi connectivity index (χ1) is 19.9. The van der Waals surface area contributed by atoms with Gasteiger partial charge >= 0.3 is 6.18 Å². The average molecular weight is 579 g/mol. The third-order valence-electron chi connectivity index (χ3n) is 6.93. The van der Waals surface area contributed by atoms with Crippen LogP contribution in [0.15, 0.2) is 78.0 Å². The first kappa shape index (κ1) is 28.7. The minimum atomic E-state index is -4.92. The van der Waals surface area contributed by atoms with Crippen molar-refractivity contribution in [1.29, 1.82) is 0 Å². The Morgan fingerprint density at radius 1 is 1.07 bits per heavy atom. The number of aryl methyl sites for hydroxylation is 2. The first-order valence-corrected chi connectivity index (χ1v) is 13.0. The van der Waals surface area contributed by atoms with Gasteiger partial charge in [0.1, 0.15) is 11.6 Å². The zero-order valence-electron chi connectivity index (χ0n) is 22.9. The standard InChI is InChI=1S/C30H26F4N6O2/c1-18-6-9-22(10-7-18)40-28(37-27-23(29(40)42)5-4-12-35-27)19(2)39(17-21-15-36-38(3)16-21)26(41)14-20-8-11-25(31)24(13-20)30(32,33)34/h4-13,15-16,19H,14,17H2,1-3H3/t19-/m1/s1. The van der Waals surface area contributed by atoms with Gasteiger partial charge in [0, 0.05) is 31.5 Å². The van der Waals surface area contributed by atoms with E-state index in [-0.39, 0.29) is 34.5 Å². The van der Waals surface area contributed by atoms with Crippen molar-refractivity contribution in [3.63, 3.8) is 0 Å². The van der Waals surface area contributed by atoms with E-state index in [1.165, 1.54) is 15.7 Å². The molecule has 0 unspecified atom stereocenters. The highest BCUT2D eigenvalue weighted by molar-refractivity contribution is 5.79. The van der Waals surface area contributed by atoms with Crippen molar-refractivity contribution in [2.24, 2.45) is 7.05 Å². The van der Waals surface area contributed by atoms with Gasteiger partial charge in [-0.3, -0.25) is 18.8 Å². The van der Waals surface area contributed by atoms with Gasteiger partial charge in [0.25, 0.3) is 5.56 Å². The zero-order valence-corrected chi connectivity index (χ0v) is 22.9. The topological polar surface area (TPSA) is 85.9 Å². The predicted octanol–water partition coefficient (Wildman–Crippen LogP) is 5.31. The highest BCUT2D eigenvalue weighted by Crippen LogP contribution is 2.32. The molecule has 1 atom stereocenters. The van der Waals surface area contributed by atoms with Gasteiger partial charge in [0.05, 0.1) is 35.3 Å². The smallest absolute Gasteiger partial charge is 0.328 e. The molecular weight excluding hydrogens is 552 g/mol. The summed E-state index contributed by atoms with van der Waals surface area (Å²) in [6.45, 7) is 3.61. The van der Waals surface area contributed by atoms with Crippen LogP contribution >= 0.6 is 0 Å². The minimum Gasteiger partial charge on any atom is -0.328 e. The van der Waals surface area contributed by atoms with E-state index < -0.39 is 35.9 Å². The van der Waals surface area contributed by atoms with Gasteiger partial charge in [-0.2, -0.15) is 18.3 Å². The fourth-order valence-corrected chi connectivity index (χ4v) is 4.77. The lowest BCUT2D eigenvalue weighted by atomic mass is 10.1. The number of rotatable bonds is 7. The van der Waals surface area contributed by atoms with Gasteiger partial charge in [-0.25, -0.2) is 14.4 Å². The number of benzene rings is 2. The molecule has 3 aromatic heterocycles. The maximum absolute atomic E-state index is 13.9. The van der Waals surface area contributed by atoms with Crippen LogP contribution in [0, 0.1) is 12.7 Å². The molecule has 0 saturated carbocycles. The van der Waals surface area contributed by atoms with Crippen LogP contribution in [-0.4, -0.2) is 35.1 Å². The molecule has 0 aliphatic rings.